The van der Waals surface area contributed by atoms with Crippen LogP contribution in [0.4, 0.5) is 14.5 Å². The Kier molecular flexibility index (Phi) is 3.98. The summed E-state index contributed by atoms with van der Waals surface area (Å²) in [5.41, 5.74) is 3.69. The Balaban J connectivity index is 1.96. The van der Waals surface area contributed by atoms with E-state index in [0.29, 0.717) is 4.47 Å². The minimum atomic E-state index is -0.505. The summed E-state index contributed by atoms with van der Waals surface area (Å²) in [6, 6.07) is 8.97. The van der Waals surface area contributed by atoms with Crippen LogP contribution in [0.2, 0.25) is 0 Å². The lowest BCUT2D eigenvalue weighted by Crippen LogP contribution is -2.29. The van der Waals surface area contributed by atoms with Crippen LogP contribution in [0.25, 0.3) is 0 Å². The van der Waals surface area contributed by atoms with Crippen LogP contribution < -0.4 is 4.90 Å². The molecule has 1 heterocycles. The molecule has 1 aliphatic heterocycles. The summed E-state index contributed by atoms with van der Waals surface area (Å²) in [5.74, 6) is -0.996. The molecular formula is C17H16BrF2N. The topological polar surface area (TPSA) is 3.24 Å². The summed E-state index contributed by atoms with van der Waals surface area (Å²) in [7, 11) is 0. The van der Waals surface area contributed by atoms with Crippen LogP contribution in [0.5, 0.6) is 0 Å². The van der Waals surface area contributed by atoms with Crippen LogP contribution in [-0.4, -0.2) is 6.54 Å². The van der Waals surface area contributed by atoms with Gasteiger partial charge in [0.05, 0.1) is 4.47 Å². The first-order valence-electron chi connectivity index (χ1n) is 7.03. The van der Waals surface area contributed by atoms with Crippen molar-refractivity contribution < 1.29 is 8.78 Å². The lowest BCUT2D eigenvalue weighted by molar-refractivity contribution is 0.542. The quantitative estimate of drug-likeness (QED) is 0.689. The Morgan fingerprint density at radius 1 is 1.19 bits per heavy atom. The molecule has 0 fully saturated rings. The monoisotopic (exact) mass is 351 g/mol. The Morgan fingerprint density at radius 2 is 2.00 bits per heavy atom. The maximum Gasteiger partial charge on any atom is 0.145 e. The third-order valence-corrected chi connectivity index (χ3v) is 4.55. The molecule has 0 atom stereocenters. The molecule has 110 valence electrons. The number of benzene rings is 2. The normalized spacial score (nSPS) is 14.2. The van der Waals surface area contributed by atoms with Crippen molar-refractivity contribution in [2.75, 3.05) is 11.4 Å². The van der Waals surface area contributed by atoms with Gasteiger partial charge in [-0.15, -0.1) is 0 Å². The van der Waals surface area contributed by atoms with Gasteiger partial charge >= 0.3 is 0 Å². The van der Waals surface area contributed by atoms with Gasteiger partial charge in [-0.25, -0.2) is 8.78 Å². The van der Waals surface area contributed by atoms with Crippen LogP contribution in [0, 0.1) is 18.6 Å². The Morgan fingerprint density at radius 3 is 2.81 bits per heavy atom. The second kappa shape index (κ2) is 5.76. The van der Waals surface area contributed by atoms with E-state index in [1.807, 2.05) is 6.07 Å². The van der Waals surface area contributed by atoms with E-state index in [0.717, 1.165) is 25.1 Å². The van der Waals surface area contributed by atoms with Crippen molar-refractivity contribution in [2.45, 2.75) is 26.3 Å². The zero-order valence-corrected chi connectivity index (χ0v) is 13.4. The smallest absolute Gasteiger partial charge is 0.145 e. The van der Waals surface area contributed by atoms with E-state index in [9.17, 15) is 8.78 Å². The van der Waals surface area contributed by atoms with E-state index in [1.165, 1.54) is 23.3 Å². The van der Waals surface area contributed by atoms with Crippen LogP contribution in [0.15, 0.2) is 34.8 Å². The van der Waals surface area contributed by atoms with Crippen LogP contribution in [0.1, 0.15) is 23.1 Å². The summed E-state index contributed by atoms with van der Waals surface area (Å²) < 4.78 is 28.4. The molecule has 1 aliphatic rings. The van der Waals surface area contributed by atoms with E-state index < -0.39 is 11.6 Å². The summed E-state index contributed by atoms with van der Waals surface area (Å²) in [5, 5.41) is 0. The molecule has 0 radical (unpaired) electrons. The number of rotatable bonds is 2. The first-order chi connectivity index (χ1) is 10.1. The predicted molar refractivity (Wildman–Crippen MR) is 84.6 cm³/mol. The van der Waals surface area contributed by atoms with Crippen molar-refractivity contribution in [1.82, 2.24) is 0 Å². The number of nitrogens with zero attached hydrogens (tertiary/aromatic N) is 1. The van der Waals surface area contributed by atoms with Gasteiger partial charge < -0.3 is 4.90 Å². The molecule has 1 nitrogen and oxygen atoms in total. The number of hydrogen-bond donors (Lipinski definition) is 0. The highest BCUT2D eigenvalue weighted by Crippen LogP contribution is 2.31. The number of fused-ring (bicyclic) bond motifs is 1. The molecule has 0 amide bonds. The van der Waals surface area contributed by atoms with Gasteiger partial charge in [0.2, 0.25) is 0 Å². The lowest BCUT2D eigenvalue weighted by atomic mass is 9.99. The van der Waals surface area contributed by atoms with Gasteiger partial charge in [-0.1, -0.05) is 17.7 Å². The highest BCUT2D eigenvalue weighted by molar-refractivity contribution is 9.10. The van der Waals surface area contributed by atoms with Gasteiger partial charge in [0.25, 0.3) is 0 Å². The molecule has 0 saturated carbocycles. The maximum atomic E-state index is 14.1. The molecule has 3 rings (SSSR count). The van der Waals surface area contributed by atoms with Gasteiger partial charge in [-0.2, -0.15) is 0 Å². The fraction of sp³-hybridized carbons (Fsp3) is 0.294. The van der Waals surface area contributed by atoms with E-state index >= 15 is 0 Å². The minimum absolute atomic E-state index is 0.123. The lowest BCUT2D eigenvalue weighted by Gasteiger charge is -2.32. The summed E-state index contributed by atoms with van der Waals surface area (Å²) in [6.45, 7) is 3.14. The third-order valence-electron chi connectivity index (χ3n) is 3.94. The van der Waals surface area contributed by atoms with Crippen LogP contribution in [-0.2, 0) is 13.0 Å². The third kappa shape index (κ3) is 2.82. The first-order valence-corrected chi connectivity index (χ1v) is 7.82. The zero-order chi connectivity index (χ0) is 15.0. The summed E-state index contributed by atoms with van der Waals surface area (Å²) >= 11 is 3.13. The van der Waals surface area contributed by atoms with Crippen molar-refractivity contribution in [3.8, 4) is 0 Å². The molecule has 2 aromatic rings. The average Bonchev–Trinajstić information content (AvgIpc) is 2.47. The highest BCUT2D eigenvalue weighted by atomic mass is 79.9. The molecule has 0 unspecified atom stereocenters. The molecule has 0 saturated heterocycles. The molecule has 0 N–H and O–H groups in total. The molecule has 4 heteroatoms. The van der Waals surface area contributed by atoms with Crippen molar-refractivity contribution >= 4 is 21.6 Å². The summed E-state index contributed by atoms with van der Waals surface area (Å²) in [4.78, 5) is 2.06. The number of halogens is 3. The number of hydrogen-bond acceptors (Lipinski definition) is 1. The van der Waals surface area contributed by atoms with Gasteiger partial charge in [-0.05, 0) is 59.5 Å². The number of aryl methyl sites for hydroxylation is 2. The Labute approximate surface area is 131 Å². The van der Waals surface area contributed by atoms with Crippen molar-refractivity contribution in [3.63, 3.8) is 0 Å². The Hall–Kier alpha value is -1.42. The SMILES string of the molecule is Cc1ccc2c(c1)CCCN2Cc1c(F)ccc(Br)c1F. The average molecular weight is 352 g/mol. The van der Waals surface area contributed by atoms with Crippen LogP contribution >= 0.6 is 15.9 Å². The van der Waals surface area contributed by atoms with Crippen molar-refractivity contribution in [1.29, 1.82) is 0 Å². The standard InChI is InChI=1S/C17H16BrF2N/c1-11-4-7-16-12(9-11)3-2-8-21(16)10-13-15(19)6-5-14(18)17(13)20/h4-7,9H,2-3,8,10H2,1H3. The van der Waals surface area contributed by atoms with E-state index in [4.69, 9.17) is 0 Å². The maximum absolute atomic E-state index is 14.1. The van der Waals surface area contributed by atoms with E-state index in [-0.39, 0.29) is 12.1 Å². The van der Waals surface area contributed by atoms with E-state index in [2.05, 4.69) is 39.9 Å². The molecule has 0 spiro atoms. The van der Waals surface area contributed by atoms with Gasteiger partial charge in [0, 0.05) is 24.3 Å². The predicted octanol–water partition coefficient (Wildman–Crippen LogP) is 4.99. The fourth-order valence-electron chi connectivity index (χ4n) is 2.87. The van der Waals surface area contributed by atoms with Crippen molar-refractivity contribution in [3.05, 3.63) is 63.1 Å². The first kappa shape index (κ1) is 14.5. The second-order valence-electron chi connectivity index (χ2n) is 5.48. The molecule has 0 aromatic heterocycles. The van der Waals surface area contributed by atoms with Crippen LogP contribution in [0.3, 0.4) is 0 Å². The number of anilines is 1. The molecular weight excluding hydrogens is 336 g/mol. The molecule has 21 heavy (non-hydrogen) atoms. The van der Waals surface area contributed by atoms with Crippen molar-refractivity contribution in [2.24, 2.45) is 0 Å². The molecule has 0 bridgehead atoms. The van der Waals surface area contributed by atoms with Gasteiger partial charge in [0.1, 0.15) is 11.6 Å². The Bertz CT molecular complexity index is 685. The van der Waals surface area contributed by atoms with Gasteiger partial charge in [-0.3, -0.25) is 0 Å². The minimum Gasteiger partial charge on any atom is -0.367 e. The highest BCUT2D eigenvalue weighted by Gasteiger charge is 2.21. The molecule has 0 aliphatic carbocycles. The zero-order valence-electron chi connectivity index (χ0n) is 11.8. The summed E-state index contributed by atoms with van der Waals surface area (Å²) in [6.07, 6.45) is 2.03. The second-order valence-corrected chi connectivity index (χ2v) is 6.33. The van der Waals surface area contributed by atoms with Gasteiger partial charge in [0.15, 0.2) is 0 Å². The fourth-order valence-corrected chi connectivity index (χ4v) is 3.24. The van der Waals surface area contributed by atoms with E-state index in [1.54, 1.807) is 0 Å². The molecule has 2 aromatic carbocycles. The largest absolute Gasteiger partial charge is 0.367 e.